The van der Waals surface area contributed by atoms with Crippen LogP contribution in [0.15, 0.2) is 64.1 Å². The van der Waals surface area contributed by atoms with Crippen LogP contribution in [-0.2, 0) is 10.0 Å². The summed E-state index contributed by atoms with van der Waals surface area (Å²) in [6, 6.07) is 13.8. The summed E-state index contributed by atoms with van der Waals surface area (Å²) in [6.07, 6.45) is 0.718. The van der Waals surface area contributed by atoms with Crippen molar-refractivity contribution in [3.05, 3.63) is 64.8 Å². The van der Waals surface area contributed by atoms with Crippen molar-refractivity contribution in [3.8, 4) is 0 Å². The van der Waals surface area contributed by atoms with Gasteiger partial charge in [-0.05, 0) is 55.1 Å². The van der Waals surface area contributed by atoms with Gasteiger partial charge < -0.3 is 10.0 Å². The maximum Gasteiger partial charge on any atom is 0.269 e. The molecule has 3 aromatic rings. The quantitative estimate of drug-likeness (QED) is 0.663. The molecule has 1 N–H and O–H groups in total. The highest BCUT2D eigenvalue weighted by Crippen LogP contribution is 2.33. The third-order valence-electron chi connectivity index (χ3n) is 4.67. The van der Waals surface area contributed by atoms with E-state index < -0.39 is 16.1 Å². The first-order valence-corrected chi connectivity index (χ1v) is 10.4. The van der Waals surface area contributed by atoms with Gasteiger partial charge in [0.15, 0.2) is 0 Å². The van der Waals surface area contributed by atoms with Gasteiger partial charge in [-0.15, -0.1) is 0 Å². The lowest BCUT2D eigenvalue weighted by molar-refractivity contribution is 0.0870. The lowest BCUT2D eigenvalue weighted by atomic mass is 10.0. The Hall–Kier alpha value is -1.67. The second-order valence-electron chi connectivity index (χ2n) is 6.48. The number of likely N-dealkylation sites (N-methyl/N-ethyl adjacent to an activating group) is 1. The molecular weight excluding hydrogens is 416 g/mol. The molecule has 7 heteroatoms. The topological polar surface area (TPSA) is 62.5 Å². The van der Waals surface area contributed by atoms with Gasteiger partial charge in [0.05, 0.1) is 11.6 Å². The van der Waals surface area contributed by atoms with Gasteiger partial charge in [0, 0.05) is 27.7 Å². The Balaban J connectivity index is 2.24. The minimum atomic E-state index is -3.81. The van der Waals surface area contributed by atoms with Crippen molar-refractivity contribution in [2.24, 2.45) is 0 Å². The summed E-state index contributed by atoms with van der Waals surface area (Å²) in [6.45, 7) is 1.90. The van der Waals surface area contributed by atoms with Gasteiger partial charge in [0.2, 0.25) is 0 Å². The van der Waals surface area contributed by atoms with E-state index in [1.54, 1.807) is 36.4 Å². The third-order valence-corrected chi connectivity index (χ3v) is 7.36. The lowest BCUT2D eigenvalue weighted by Gasteiger charge is -2.25. The van der Waals surface area contributed by atoms with E-state index in [0.29, 0.717) is 15.6 Å². The van der Waals surface area contributed by atoms with Crippen molar-refractivity contribution in [1.82, 2.24) is 8.87 Å². The fourth-order valence-electron chi connectivity index (χ4n) is 2.91. The fraction of sp³-hybridized carbons (Fsp3) is 0.263. The lowest BCUT2D eigenvalue weighted by Crippen LogP contribution is -2.30. The number of hydrogen-bond donors (Lipinski definition) is 1. The van der Waals surface area contributed by atoms with E-state index in [0.717, 1.165) is 5.39 Å². The Morgan fingerprint density at radius 3 is 2.35 bits per heavy atom. The standard InChI is InChI=1S/C19H21BrN2O3S/c1-13(21(2)3)19(23)15-12-22(17-10-6-4-8-14(15)17)26(24,25)18-11-7-5-9-16(18)20/h4-13,19,23H,1-3H3. The van der Waals surface area contributed by atoms with Crippen LogP contribution in [0.25, 0.3) is 10.9 Å². The molecule has 2 atom stereocenters. The molecule has 0 spiro atoms. The summed E-state index contributed by atoms with van der Waals surface area (Å²) in [7, 11) is -0.0501. The molecule has 138 valence electrons. The summed E-state index contributed by atoms with van der Waals surface area (Å²) in [5.41, 5.74) is 1.14. The molecule has 5 nitrogen and oxygen atoms in total. The Labute approximate surface area is 162 Å². The Kier molecular flexibility index (Phi) is 5.25. The van der Waals surface area contributed by atoms with Crippen molar-refractivity contribution >= 4 is 36.9 Å². The number of fused-ring (bicyclic) bond motifs is 1. The van der Waals surface area contributed by atoms with Crippen LogP contribution in [0, 0.1) is 0 Å². The highest BCUT2D eigenvalue weighted by molar-refractivity contribution is 9.10. The summed E-state index contributed by atoms with van der Waals surface area (Å²) in [5.74, 6) is 0. The van der Waals surface area contributed by atoms with E-state index in [9.17, 15) is 13.5 Å². The van der Waals surface area contributed by atoms with Gasteiger partial charge >= 0.3 is 0 Å². The van der Waals surface area contributed by atoms with Crippen LogP contribution in [0.5, 0.6) is 0 Å². The Morgan fingerprint density at radius 1 is 1.08 bits per heavy atom. The van der Waals surface area contributed by atoms with E-state index >= 15 is 0 Å². The van der Waals surface area contributed by atoms with E-state index in [-0.39, 0.29) is 10.9 Å². The minimum absolute atomic E-state index is 0.166. The third kappa shape index (κ3) is 3.20. The molecule has 0 saturated carbocycles. The summed E-state index contributed by atoms with van der Waals surface area (Å²) >= 11 is 3.32. The van der Waals surface area contributed by atoms with Gasteiger partial charge in [0.1, 0.15) is 4.90 Å². The van der Waals surface area contributed by atoms with E-state index in [2.05, 4.69) is 15.9 Å². The molecule has 2 unspecified atom stereocenters. The zero-order valence-corrected chi connectivity index (χ0v) is 17.2. The SMILES string of the molecule is CC(C(O)c1cn(S(=O)(=O)c2ccccc2Br)c2ccccc12)N(C)C. The van der Waals surface area contributed by atoms with Crippen LogP contribution in [0.2, 0.25) is 0 Å². The smallest absolute Gasteiger partial charge is 0.269 e. The molecule has 0 aliphatic carbocycles. The number of rotatable bonds is 5. The highest BCUT2D eigenvalue weighted by atomic mass is 79.9. The second kappa shape index (κ2) is 7.15. The van der Waals surface area contributed by atoms with Gasteiger partial charge in [-0.2, -0.15) is 0 Å². The molecule has 0 bridgehead atoms. The first-order chi connectivity index (χ1) is 12.2. The molecule has 0 radical (unpaired) electrons. The van der Waals surface area contributed by atoms with Crippen molar-refractivity contribution in [2.45, 2.75) is 24.0 Å². The maximum absolute atomic E-state index is 13.2. The van der Waals surface area contributed by atoms with Crippen LogP contribution >= 0.6 is 15.9 Å². The van der Waals surface area contributed by atoms with Crippen LogP contribution in [0.3, 0.4) is 0 Å². The largest absolute Gasteiger partial charge is 0.387 e. The number of aliphatic hydroxyl groups is 1. The maximum atomic E-state index is 13.2. The minimum Gasteiger partial charge on any atom is -0.387 e. The summed E-state index contributed by atoms with van der Waals surface area (Å²) in [5, 5.41) is 11.5. The molecule has 0 amide bonds. The predicted octanol–water partition coefficient (Wildman–Crippen LogP) is 3.62. The van der Waals surface area contributed by atoms with Crippen LogP contribution in [-0.4, -0.2) is 42.5 Å². The van der Waals surface area contributed by atoms with E-state index in [1.165, 1.54) is 10.2 Å². The Morgan fingerprint density at radius 2 is 1.69 bits per heavy atom. The first kappa shape index (κ1) is 19.1. The van der Waals surface area contributed by atoms with Gasteiger partial charge in [-0.1, -0.05) is 30.3 Å². The number of nitrogens with zero attached hydrogens (tertiary/aromatic N) is 2. The summed E-state index contributed by atoms with van der Waals surface area (Å²) < 4.78 is 28.3. The monoisotopic (exact) mass is 436 g/mol. The van der Waals surface area contributed by atoms with Crippen molar-refractivity contribution in [3.63, 3.8) is 0 Å². The number of aromatic nitrogens is 1. The molecule has 1 heterocycles. The van der Waals surface area contributed by atoms with Gasteiger partial charge in [0.25, 0.3) is 10.0 Å². The Bertz CT molecular complexity index is 1040. The predicted molar refractivity (Wildman–Crippen MR) is 107 cm³/mol. The number of para-hydroxylation sites is 1. The van der Waals surface area contributed by atoms with Crippen molar-refractivity contribution in [2.75, 3.05) is 14.1 Å². The van der Waals surface area contributed by atoms with Crippen molar-refractivity contribution in [1.29, 1.82) is 0 Å². The molecular formula is C19H21BrN2O3S. The zero-order chi connectivity index (χ0) is 19.1. The zero-order valence-electron chi connectivity index (χ0n) is 14.8. The molecule has 0 saturated heterocycles. The molecule has 26 heavy (non-hydrogen) atoms. The number of halogens is 1. The van der Waals surface area contributed by atoms with Gasteiger partial charge in [-0.25, -0.2) is 12.4 Å². The first-order valence-electron chi connectivity index (χ1n) is 8.19. The number of aliphatic hydroxyl groups excluding tert-OH is 1. The summed E-state index contributed by atoms with van der Waals surface area (Å²) in [4.78, 5) is 2.08. The van der Waals surface area contributed by atoms with E-state index in [1.807, 2.05) is 38.1 Å². The van der Waals surface area contributed by atoms with Crippen LogP contribution < -0.4 is 0 Å². The van der Waals surface area contributed by atoms with Crippen molar-refractivity contribution < 1.29 is 13.5 Å². The molecule has 1 aromatic heterocycles. The molecule has 3 rings (SSSR count). The molecule has 0 aliphatic heterocycles. The van der Waals surface area contributed by atoms with Crippen LogP contribution in [0.4, 0.5) is 0 Å². The average Bonchev–Trinajstić information content (AvgIpc) is 3.01. The number of benzene rings is 2. The highest BCUT2D eigenvalue weighted by Gasteiger charge is 2.27. The fourth-order valence-corrected chi connectivity index (χ4v) is 5.26. The number of hydrogen-bond acceptors (Lipinski definition) is 4. The normalized spacial score (nSPS) is 14.7. The van der Waals surface area contributed by atoms with E-state index in [4.69, 9.17) is 0 Å². The molecule has 0 aliphatic rings. The molecule has 0 fully saturated rings. The van der Waals surface area contributed by atoms with Gasteiger partial charge in [-0.3, -0.25) is 0 Å². The molecule has 2 aromatic carbocycles. The van der Waals surface area contributed by atoms with Crippen LogP contribution in [0.1, 0.15) is 18.6 Å². The second-order valence-corrected chi connectivity index (χ2v) is 9.12. The average molecular weight is 437 g/mol.